The van der Waals surface area contributed by atoms with E-state index in [-0.39, 0.29) is 5.56 Å². The van der Waals surface area contributed by atoms with Crippen LogP contribution in [-0.4, -0.2) is 26.5 Å². The smallest absolute Gasteiger partial charge is 0.252 e. The molecule has 0 spiro atoms. The number of azo groups is 1. The summed E-state index contributed by atoms with van der Waals surface area (Å²) in [6.45, 7) is 6.10. The molecule has 0 fully saturated rings. The monoisotopic (exact) mass is 504 g/mol. The van der Waals surface area contributed by atoms with Gasteiger partial charge in [-0.2, -0.15) is 9.36 Å². The van der Waals surface area contributed by atoms with Gasteiger partial charge in [0.1, 0.15) is 11.5 Å². The number of anilines is 4. The number of aryl methyl sites for hydroxylation is 3. The number of hydrogen-bond acceptors (Lipinski definition) is 10. The van der Waals surface area contributed by atoms with Crippen molar-refractivity contribution in [2.24, 2.45) is 16.0 Å². The minimum atomic E-state index is -0.637. The van der Waals surface area contributed by atoms with Crippen LogP contribution in [0.15, 0.2) is 63.9 Å². The first kappa shape index (κ1) is 24.3. The number of pyridine rings is 1. The van der Waals surface area contributed by atoms with E-state index in [9.17, 15) is 4.79 Å². The normalized spacial score (nSPS) is 11.1. The van der Waals surface area contributed by atoms with Gasteiger partial charge in [-0.25, -0.2) is 4.98 Å². The molecule has 11 heteroatoms. The van der Waals surface area contributed by atoms with Gasteiger partial charge in [-0.15, -0.1) is 10.2 Å². The first-order valence-electron chi connectivity index (χ1n) is 10.6. The molecule has 0 atom stereocenters. The lowest BCUT2D eigenvalue weighted by atomic mass is 10.0. The standard InChI is InChI=1S/C24H24N8OS2/c1-13-10-14(2)19(15(3)11-13)27-22-18(30-31-23-29-24(34-4)32-35-23)12-17(20(25)33)21(28-22)26-16-8-6-5-7-9-16/h5-12H,1-4H3,(H2,25,33)(H2,26,27,28). The SMILES string of the molecule is CSc1nsc(N=Nc2cc(C(N)=O)c(Nc3ccccc3)nc2Nc2c(C)cc(C)cc2C)n1. The molecule has 0 saturated heterocycles. The van der Waals surface area contributed by atoms with Crippen molar-refractivity contribution < 1.29 is 4.79 Å². The molecule has 2 heterocycles. The number of thioether (sulfide) groups is 1. The number of amides is 1. The lowest BCUT2D eigenvalue weighted by Crippen LogP contribution is -2.15. The van der Waals surface area contributed by atoms with Gasteiger partial charge in [0.15, 0.2) is 5.82 Å². The Morgan fingerprint density at radius 2 is 1.69 bits per heavy atom. The Bertz CT molecular complexity index is 1380. The number of benzene rings is 2. The van der Waals surface area contributed by atoms with Crippen molar-refractivity contribution in [2.45, 2.75) is 25.9 Å². The fourth-order valence-corrected chi connectivity index (χ4v) is 4.58. The van der Waals surface area contributed by atoms with Gasteiger partial charge in [-0.05, 0) is 56.4 Å². The number of aromatic nitrogens is 3. The van der Waals surface area contributed by atoms with Crippen LogP contribution in [0.5, 0.6) is 0 Å². The van der Waals surface area contributed by atoms with Gasteiger partial charge < -0.3 is 16.4 Å². The summed E-state index contributed by atoms with van der Waals surface area (Å²) in [4.78, 5) is 21.3. The number of carbonyl (C=O) groups excluding carboxylic acids is 1. The fourth-order valence-electron chi connectivity index (χ4n) is 3.53. The maximum atomic E-state index is 12.3. The van der Waals surface area contributed by atoms with Crippen molar-refractivity contribution in [3.8, 4) is 0 Å². The van der Waals surface area contributed by atoms with Gasteiger partial charge >= 0.3 is 0 Å². The average molecular weight is 505 g/mol. The molecule has 2 aromatic carbocycles. The van der Waals surface area contributed by atoms with Crippen LogP contribution in [0.1, 0.15) is 27.0 Å². The van der Waals surface area contributed by atoms with E-state index in [0.29, 0.717) is 27.6 Å². The molecule has 4 rings (SSSR count). The molecule has 0 aliphatic heterocycles. The number of hydrogen-bond donors (Lipinski definition) is 3. The third-order valence-corrected chi connectivity index (χ3v) is 6.31. The molecule has 2 aromatic heterocycles. The molecule has 4 aromatic rings. The van der Waals surface area contributed by atoms with E-state index in [1.807, 2.05) is 50.4 Å². The molecule has 0 aliphatic carbocycles. The first-order chi connectivity index (χ1) is 16.8. The van der Waals surface area contributed by atoms with Gasteiger partial charge in [0, 0.05) is 22.9 Å². The average Bonchev–Trinajstić information content (AvgIpc) is 3.29. The molecule has 0 saturated carbocycles. The molecule has 4 N–H and O–H groups in total. The van der Waals surface area contributed by atoms with Crippen LogP contribution in [0, 0.1) is 20.8 Å². The molecule has 0 unspecified atom stereocenters. The maximum Gasteiger partial charge on any atom is 0.252 e. The van der Waals surface area contributed by atoms with E-state index in [4.69, 9.17) is 10.7 Å². The highest BCUT2D eigenvalue weighted by molar-refractivity contribution is 7.98. The quantitative estimate of drug-likeness (QED) is 0.182. The maximum absolute atomic E-state index is 12.3. The van der Waals surface area contributed by atoms with Crippen molar-refractivity contribution in [2.75, 3.05) is 16.9 Å². The highest BCUT2D eigenvalue weighted by Gasteiger charge is 2.18. The number of nitrogens with zero attached hydrogens (tertiary/aromatic N) is 5. The zero-order chi connectivity index (χ0) is 24.9. The van der Waals surface area contributed by atoms with Gasteiger partial charge in [0.2, 0.25) is 10.3 Å². The van der Waals surface area contributed by atoms with E-state index in [1.165, 1.54) is 11.8 Å². The summed E-state index contributed by atoms with van der Waals surface area (Å²) < 4.78 is 4.20. The second-order valence-corrected chi connectivity index (χ2v) is 9.27. The van der Waals surface area contributed by atoms with Crippen LogP contribution >= 0.6 is 23.3 Å². The van der Waals surface area contributed by atoms with Crippen LogP contribution in [0.4, 0.5) is 33.8 Å². The van der Waals surface area contributed by atoms with E-state index in [1.54, 1.807) is 6.07 Å². The van der Waals surface area contributed by atoms with Gasteiger partial charge in [-0.3, -0.25) is 4.79 Å². The van der Waals surface area contributed by atoms with Gasteiger partial charge in [0.05, 0.1) is 5.56 Å². The molecule has 35 heavy (non-hydrogen) atoms. The largest absolute Gasteiger partial charge is 0.365 e. The summed E-state index contributed by atoms with van der Waals surface area (Å²) in [5.74, 6) is 0.0946. The first-order valence-corrected chi connectivity index (χ1v) is 12.6. The van der Waals surface area contributed by atoms with Crippen molar-refractivity contribution >= 4 is 63.0 Å². The number of nitrogens with two attached hydrogens (primary N) is 1. The van der Waals surface area contributed by atoms with Crippen molar-refractivity contribution in [1.82, 2.24) is 14.3 Å². The van der Waals surface area contributed by atoms with Crippen LogP contribution in [0.3, 0.4) is 0 Å². The molecule has 0 aliphatic rings. The minimum Gasteiger partial charge on any atom is -0.365 e. The van der Waals surface area contributed by atoms with Crippen LogP contribution < -0.4 is 16.4 Å². The van der Waals surface area contributed by atoms with Crippen LogP contribution in [0.25, 0.3) is 0 Å². The highest BCUT2D eigenvalue weighted by atomic mass is 32.2. The topological polar surface area (TPSA) is 131 Å². The van der Waals surface area contributed by atoms with Crippen molar-refractivity contribution in [3.63, 3.8) is 0 Å². The summed E-state index contributed by atoms with van der Waals surface area (Å²) in [5.41, 5.74) is 11.2. The molecular weight excluding hydrogens is 480 g/mol. The Balaban J connectivity index is 1.82. The van der Waals surface area contributed by atoms with E-state index in [2.05, 4.69) is 49.3 Å². The highest BCUT2D eigenvalue weighted by Crippen LogP contribution is 2.35. The summed E-state index contributed by atoms with van der Waals surface area (Å²) in [7, 11) is 0. The zero-order valence-corrected chi connectivity index (χ0v) is 21.3. The Labute approximate surface area is 211 Å². The molecule has 0 bridgehead atoms. The second-order valence-electron chi connectivity index (χ2n) is 7.77. The van der Waals surface area contributed by atoms with Gasteiger partial charge in [0.25, 0.3) is 5.91 Å². The Kier molecular flexibility index (Phi) is 7.37. The third-order valence-electron chi connectivity index (χ3n) is 5.05. The fraction of sp³-hybridized carbons (Fsp3) is 0.167. The van der Waals surface area contributed by atoms with Crippen LogP contribution in [0.2, 0.25) is 0 Å². The number of primary amides is 1. The molecule has 1 amide bonds. The zero-order valence-electron chi connectivity index (χ0n) is 19.7. The van der Waals surface area contributed by atoms with Crippen molar-refractivity contribution in [3.05, 3.63) is 70.8 Å². The Hall–Kier alpha value is -3.83. The summed E-state index contributed by atoms with van der Waals surface area (Å²) in [6, 6.07) is 15.2. The summed E-state index contributed by atoms with van der Waals surface area (Å²) >= 11 is 2.56. The summed E-state index contributed by atoms with van der Waals surface area (Å²) in [5, 5.41) is 16.2. The van der Waals surface area contributed by atoms with Gasteiger partial charge in [-0.1, -0.05) is 47.7 Å². The van der Waals surface area contributed by atoms with Crippen molar-refractivity contribution in [1.29, 1.82) is 0 Å². The molecular formula is C24H24N8OS2. The third kappa shape index (κ3) is 5.81. The van der Waals surface area contributed by atoms with Crippen LogP contribution in [-0.2, 0) is 0 Å². The predicted octanol–water partition coefficient (Wildman–Crippen LogP) is 6.58. The lowest BCUT2D eigenvalue weighted by molar-refractivity contribution is 0.100. The number of rotatable bonds is 8. The lowest BCUT2D eigenvalue weighted by Gasteiger charge is -2.17. The number of para-hydroxylation sites is 1. The number of nitrogens with one attached hydrogen (secondary N) is 2. The Morgan fingerprint density at radius 3 is 2.31 bits per heavy atom. The van der Waals surface area contributed by atoms with E-state index >= 15 is 0 Å². The predicted molar refractivity (Wildman–Crippen MR) is 142 cm³/mol. The molecule has 0 radical (unpaired) electrons. The van der Waals surface area contributed by atoms with E-state index in [0.717, 1.165) is 39.6 Å². The molecule has 9 nitrogen and oxygen atoms in total. The molecule has 178 valence electrons. The van der Waals surface area contributed by atoms with E-state index < -0.39 is 5.91 Å². The minimum absolute atomic E-state index is 0.188. The number of carbonyl (C=O) groups is 1. The Morgan fingerprint density at radius 1 is 0.971 bits per heavy atom. The second kappa shape index (κ2) is 10.6. The summed E-state index contributed by atoms with van der Waals surface area (Å²) in [6.07, 6.45) is 1.89.